The third-order valence-electron chi connectivity index (χ3n) is 4.41. The molecule has 8 nitrogen and oxygen atoms in total. The first-order chi connectivity index (χ1) is 15.0. The van der Waals surface area contributed by atoms with Crippen molar-refractivity contribution >= 4 is 64.0 Å². The predicted octanol–water partition coefficient (Wildman–Crippen LogP) is 4.83. The van der Waals surface area contributed by atoms with Crippen molar-refractivity contribution in [1.82, 2.24) is 5.32 Å². The molecule has 3 unspecified atom stereocenters. The number of hydrogen-bond acceptors (Lipinski definition) is 7. The molecule has 0 radical (unpaired) electrons. The van der Waals surface area contributed by atoms with Crippen LogP contribution in [0, 0.1) is 0 Å². The monoisotopic (exact) mass is 608 g/mol. The number of aliphatic hydroxyl groups is 1. The molecule has 32 heavy (non-hydrogen) atoms. The SMILES string of the molecule is CSCCC(NC(=O)c1cc(Oc2c(Br)cc(C(C)(O)[PH+]=O)cc2Br)ccc1O)C(=O)O. The number of halogens is 2. The largest absolute Gasteiger partial charge is 0.507 e. The van der Waals surface area contributed by atoms with Crippen molar-refractivity contribution in [2.75, 3.05) is 12.0 Å². The second-order valence-corrected chi connectivity index (χ2v) is 10.7. The Morgan fingerprint density at radius 2 is 1.88 bits per heavy atom. The minimum atomic E-state index is -1.54. The predicted molar refractivity (Wildman–Crippen MR) is 130 cm³/mol. The van der Waals surface area contributed by atoms with Crippen molar-refractivity contribution in [3.63, 3.8) is 0 Å². The number of phenols is 1. The number of hydrogen-bond donors (Lipinski definition) is 4. The van der Waals surface area contributed by atoms with E-state index in [4.69, 9.17) is 4.74 Å². The van der Waals surface area contributed by atoms with Crippen molar-refractivity contribution in [3.05, 3.63) is 50.4 Å². The van der Waals surface area contributed by atoms with Gasteiger partial charge in [-0.2, -0.15) is 11.8 Å². The molecule has 0 bridgehead atoms. The van der Waals surface area contributed by atoms with Gasteiger partial charge in [0.25, 0.3) is 11.2 Å². The van der Waals surface area contributed by atoms with Gasteiger partial charge in [-0.25, -0.2) is 4.79 Å². The maximum absolute atomic E-state index is 12.6. The zero-order valence-corrected chi connectivity index (χ0v) is 22.0. The molecule has 3 atom stereocenters. The second kappa shape index (κ2) is 11.5. The van der Waals surface area contributed by atoms with Crippen LogP contribution in [0.2, 0.25) is 0 Å². The van der Waals surface area contributed by atoms with Crippen LogP contribution in [0.3, 0.4) is 0 Å². The van der Waals surface area contributed by atoms with Crippen LogP contribution in [0.25, 0.3) is 0 Å². The highest BCUT2D eigenvalue weighted by Gasteiger charge is 2.33. The highest BCUT2D eigenvalue weighted by atomic mass is 79.9. The van der Waals surface area contributed by atoms with Crippen LogP contribution < -0.4 is 10.1 Å². The van der Waals surface area contributed by atoms with Gasteiger partial charge in [0, 0.05) is 12.5 Å². The molecule has 0 fully saturated rings. The summed E-state index contributed by atoms with van der Waals surface area (Å²) in [5, 5.41) is 30.5. The maximum Gasteiger partial charge on any atom is 0.364 e. The van der Waals surface area contributed by atoms with Crippen molar-refractivity contribution in [2.45, 2.75) is 24.7 Å². The van der Waals surface area contributed by atoms with E-state index in [2.05, 4.69) is 37.2 Å². The number of carboxylic acid groups (broad SMARTS) is 1. The molecule has 0 aliphatic carbocycles. The van der Waals surface area contributed by atoms with Gasteiger partial charge in [0.1, 0.15) is 17.5 Å². The van der Waals surface area contributed by atoms with Gasteiger partial charge < -0.3 is 25.4 Å². The summed E-state index contributed by atoms with van der Waals surface area (Å²) in [7, 11) is -0.978. The lowest BCUT2D eigenvalue weighted by Gasteiger charge is -2.16. The van der Waals surface area contributed by atoms with E-state index >= 15 is 0 Å². The molecule has 2 rings (SSSR count). The number of carbonyl (C=O) groups is 2. The smallest absolute Gasteiger partial charge is 0.364 e. The van der Waals surface area contributed by atoms with E-state index in [0.717, 1.165) is 0 Å². The number of carbonyl (C=O) groups excluding carboxylic acids is 1. The molecule has 4 N–H and O–H groups in total. The lowest BCUT2D eigenvalue weighted by Crippen LogP contribution is -2.41. The number of rotatable bonds is 10. The number of carboxylic acids is 1. The van der Waals surface area contributed by atoms with Gasteiger partial charge in [-0.3, -0.25) is 4.79 Å². The molecule has 2 aromatic rings. The molecule has 0 aromatic heterocycles. The maximum atomic E-state index is 12.6. The molecule has 0 heterocycles. The summed E-state index contributed by atoms with van der Waals surface area (Å²) in [6.07, 6.45) is 2.07. The van der Waals surface area contributed by atoms with Crippen molar-refractivity contribution < 1.29 is 34.2 Å². The van der Waals surface area contributed by atoms with Crippen molar-refractivity contribution in [1.29, 1.82) is 0 Å². The lowest BCUT2D eigenvalue weighted by atomic mass is 10.1. The van der Waals surface area contributed by atoms with Gasteiger partial charge in [0.05, 0.1) is 14.5 Å². The fourth-order valence-corrected chi connectivity index (χ4v) is 4.69. The molecule has 0 aliphatic heterocycles. The minimum Gasteiger partial charge on any atom is -0.507 e. The topological polar surface area (TPSA) is 133 Å². The first-order valence-electron chi connectivity index (χ1n) is 9.14. The van der Waals surface area contributed by atoms with Crippen LogP contribution in [-0.2, 0) is 14.7 Å². The number of aromatic hydroxyl groups is 1. The third kappa shape index (κ3) is 6.68. The Kier molecular flexibility index (Phi) is 9.53. The molecule has 2 aromatic carbocycles. The number of amides is 1. The molecule has 1 amide bonds. The Balaban J connectivity index is 2.31. The summed E-state index contributed by atoms with van der Waals surface area (Å²) < 4.78 is 18.0. The van der Waals surface area contributed by atoms with Crippen LogP contribution in [-0.4, -0.2) is 45.2 Å². The van der Waals surface area contributed by atoms with Crippen molar-refractivity contribution in [2.24, 2.45) is 0 Å². The normalized spacial score (nSPS) is 13.9. The van der Waals surface area contributed by atoms with Crippen LogP contribution in [0.5, 0.6) is 17.2 Å². The first-order valence-corrected chi connectivity index (χ1v) is 13.0. The molecule has 0 saturated heterocycles. The number of aliphatic carboxylic acids is 1. The number of thioether (sulfide) groups is 1. The summed E-state index contributed by atoms with van der Waals surface area (Å²) >= 11 is 8.16. The zero-order chi connectivity index (χ0) is 24.1. The van der Waals surface area contributed by atoms with E-state index in [1.807, 2.05) is 6.26 Å². The Hall–Kier alpha value is -1.65. The molecular formula is C20H21Br2NO7PS+. The number of ether oxygens (including phenoxy) is 1. The summed E-state index contributed by atoms with van der Waals surface area (Å²) in [6, 6.07) is 6.02. The molecule has 12 heteroatoms. The highest BCUT2D eigenvalue weighted by molar-refractivity contribution is 9.11. The third-order valence-corrected chi connectivity index (χ3v) is 6.91. The average Bonchev–Trinajstić information content (AvgIpc) is 2.74. The van der Waals surface area contributed by atoms with Crippen LogP contribution in [0.4, 0.5) is 0 Å². The van der Waals surface area contributed by atoms with E-state index < -0.39 is 31.7 Å². The molecule has 0 aliphatic rings. The standard InChI is InChI=1S/C20H20Br2NO7PS/c1-20(28,31-29)10-7-13(21)17(14(22)8-10)30-11-3-4-16(24)12(9-11)18(25)23-15(19(26)27)5-6-32-2/h3-4,7-9,15,24,28H,5-6H2,1-2H3,(H,23,25)(H,26,27)/p+1. The second-order valence-electron chi connectivity index (χ2n) is 6.87. The summed E-state index contributed by atoms with van der Waals surface area (Å²) in [6.45, 7) is 1.42. The Bertz CT molecular complexity index is 1010. The summed E-state index contributed by atoms with van der Waals surface area (Å²) in [5.41, 5.74) is 0.255. The quantitative estimate of drug-likeness (QED) is 0.281. The van der Waals surface area contributed by atoms with E-state index in [1.54, 1.807) is 12.1 Å². The Morgan fingerprint density at radius 1 is 1.25 bits per heavy atom. The van der Waals surface area contributed by atoms with Crippen LogP contribution in [0.1, 0.15) is 29.3 Å². The molecule has 172 valence electrons. The van der Waals surface area contributed by atoms with Crippen molar-refractivity contribution in [3.8, 4) is 17.2 Å². The van der Waals surface area contributed by atoms with E-state index in [0.29, 0.717) is 26.0 Å². The van der Waals surface area contributed by atoms with E-state index in [9.17, 15) is 29.5 Å². The van der Waals surface area contributed by atoms with E-state index in [1.165, 1.54) is 36.9 Å². The number of phenolic OH excluding ortho intramolecular Hbond substituents is 1. The average molecular weight is 610 g/mol. The van der Waals surface area contributed by atoms with Gasteiger partial charge >= 0.3 is 14.4 Å². The summed E-state index contributed by atoms with van der Waals surface area (Å²) in [4.78, 5) is 24.0. The van der Waals surface area contributed by atoms with Gasteiger partial charge in [-0.05, 0) is 80.6 Å². The number of benzene rings is 2. The first kappa shape index (κ1) is 26.6. The van der Waals surface area contributed by atoms with Gasteiger partial charge in [0.15, 0.2) is 5.75 Å². The fourth-order valence-electron chi connectivity index (χ4n) is 2.60. The zero-order valence-electron chi connectivity index (χ0n) is 17.0. The van der Waals surface area contributed by atoms with Gasteiger partial charge in [-0.15, -0.1) is 0 Å². The lowest BCUT2D eigenvalue weighted by molar-refractivity contribution is -0.139. The fraction of sp³-hybridized carbons (Fsp3) is 0.300. The molecule has 0 spiro atoms. The van der Waals surface area contributed by atoms with Gasteiger partial charge in [0.2, 0.25) is 0 Å². The Morgan fingerprint density at radius 3 is 2.41 bits per heavy atom. The van der Waals surface area contributed by atoms with E-state index in [-0.39, 0.29) is 23.5 Å². The highest BCUT2D eigenvalue weighted by Crippen LogP contribution is 2.42. The van der Waals surface area contributed by atoms with Crippen LogP contribution in [0.15, 0.2) is 39.3 Å². The summed E-state index contributed by atoms with van der Waals surface area (Å²) in [5.74, 6) is -1.17. The minimum absolute atomic E-state index is 0.141. The van der Waals surface area contributed by atoms with Crippen LogP contribution >= 0.6 is 52.1 Å². The van der Waals surface area contributed by atoms with Gasteiger partial charge in [-0.1, -0.05) is 4.57 Å². The molecular weight excluding hydrogens is 589 g/mol. The molecule has 0 saturated carbocycles. The number of nitrogens with one attached hydrogen (secondary N) is 1. The Labute approximate surface area is 207 Å².